The fourth-order valence-electron chi connectivity index (χ4n) is 3.60. The van der Waals surface area contributed by atoms with Gasteiger partial charge in [0, 0.05) is 28.1 Å². The van der Waals surface area contributed by atoms with E-state index in [4.69, 9.17) is 4.98 Å². The summed E-state index contributed by atoms with van der Waals surface area (Å²) in [6.45, 7) is 0. The maximum atomic E-state index is 13.9. The second kappa shape index (κ2) is 6.80. The van der Waals surface area contributed by atoms with Gasteiger partial charge in [-0.05, 0) is 36.2 Å². The van der Waals surface area contributed by atoms with Gasteiger partial charge >= 0.3 is 0 Å². The van der Waals surface area contributed by atoms with Gasteiger partial charge in [0.15, 0.2) is 5.16 Å². The van der Waals surface area contributed by atoms with E-state index in [1.54, 1.807) is 24.0 Å². The van der Waals surface area contributed by atoms with E-state index in [1.807, 2.05) is 24.3 Å². The van der Waals surface area contributed by atoms with E-state index in [0.717, 1.165) is 39.1 Å². The average Bonchev–Trinajstić information content (AvgIpc) is 3.13. The summed E-state index contributed by atoms with van der Waals surface area (Å²) in [5, 5.41) is 3.38. The van der Waals surface area contributed by atoms with E-state index < -0.39 is 0 Å². The van der Waals surface area contributed by atoms with E-state index in [-0.39, 0.29) is 11.4 Å². The quantitative estimate of drug-likeness (QED) is 0.335. The van der Waals surface area contributed by atoms with Gasteiger partial charge in [0.05, 0.1) is 16.4 Å². The number of rotatable bonds is 4. The molecule has 2 N–H and O–H groups in total. The van der Waals surface area contributed by atoms with Gasteiger partial charge in [-0.25, -0.2) is 9.37 Å². The van der Waals surface area contributed by atoms with Crippen LogP contribution in [0.2, 0.25) is 0 Å². The highest BCUT2D eigenvalue weighted by molar-refractivity contribution is 7.99. The van der Waals surface area contributed by atoms with Crippen LogP contribution in [-0.2, 0) is 6.42 Å². The third kappa shape index (κ3) is 2.86. The molecular formula is C22H16FN3OS. The summed E-state index contributed by atoms with van der Waals surface area (Å²) in [5.41, 5.74) is 2.62. The summed E-state index contributed by atoms with van der Waals surface area (Å²) >= 11 is 1.64. The molecule has 0 fully saturated rings. The number of hydrogen-bond acceptors (Lipinski definition) is 3. The van der Waals surface area contributed by atoms with Crippen LogP contribution in [-0.4, -0.2) is 20.7 Å². The van der Waals surface area contributed by atoms with Crippen molar-refractivity contribution in [2.75, 3.05) is 5.75 Å². The second-order valence-corrected chi connectivity index (χ2v) is 7.72. The lowest BCUT2D eigenvalue weighted by Gasteiger charge is -2.05. The van der Waals surface area contributed by atoms with Crippen molar-refractivity contribution < 1.29 is 4.39 Å². The van der Waals surface area contributed by atoms with E-state index in [9.17, 15) is 9.18 Å². The van der Waals surface area contributed by atoms with Crippen molar-refractivity contribution in [1.82, 2.24) is 15.0 Å². The summed E-state index contributed by atoms with van der Waals surface area (Å²) in [6, 6.07) is 16.6. The summed E-state index contributed by atoms with van der Waals surface area (Å²) < 4.78 is 13.9. The molecule has 0 saturated carbocycles. The van der Waals surface area contributed by atoms with Crippen LogP contribution in [0, 0.1) is 5.82 Å². The first-order valence-corrected chi connectivity index (χ1v) is 9.98. The minimum absolute atomic E-state index is 0.233. The number of imidazole rings is 1. The van der Waals surface area contributed by atoms with Crippen molar-refractivity contribution in [3.63, 3.8) is 0 Å². The van der Waals surface area contributed by atoms with Crippen molar-refractivity contribution in [3.05, 3.63) is 82.5 Å². The Bertz CT molecular complexity index is 1380. The maximum absolute atomic E-state index is 13.9. The molecule has 0 aliphatic heterocycles. The number of pyridine rings is 1. The highest BCUT2D eigenvalue weighted by Crippen LogP contribution is 2.33. The zero-order chi connectivity index (χ0) is 19.1. The van der Waals surface area contributed by atoms with Gasteiger partial charge < -0.3 is 9.97 Å². The van der Waals surface area contributed by atoms with Gasteiger partial charge in [0.1, 0.15) is 5.82 Å². The van der Waals surface area contributed by atoms with Gasteiger partial charge in [-0.2, -0.15) is 0 Å². The predicted molar refractivity (Wildman–Crippen MR) is 113 cm³/mol. The highest BCUT2D eigenvalue weighted by atomic mass is 32.2. The Morgan fingerprint density at radius 2 is 1.86 bits per heavy atom. The molecular weight excluding hydrogens is 373 g/mol. The third-order valence-corrected chi connectivity index (χ3v) is 5.77. The van der Waals surface area contributed by atoms with Crippen LogP contribution in [0.4, 0.5) is 4.39 Å². The topological polar surface area (TPSA) is 61.5 Å². The molecule has 2 heterocycles. The predicted octanol–water partition coefficient (Wildman–Crippen LogP) is 5.03. The second-order valence-electron chi connectivity index (χ2n) is 6.63. The summed E-state index contributed by atoms with van der Waals surface area (Å²) in [4.78, 5) is 23.3. The molecule has 2 aromatic heterocycles. The number of nitrogens with one attached hydrogen (secondary N) is 2. The molecule has 0 saturated heterocycles. The van der Waals surface area contributed by atoms with Gasteiger partial charge in [-0.3, -0.25) is 4.79 Å². The number of hydrogen-bond donors (Lipinski definition) is 2. The minimum Gasteiger partial charge on any atom is -0.332 e. The number of aromatic nitrogens is 3. The Labute approximate surface area is 163 Å². The van der Waals surface area contributed by atoms with E-state index in [2.05, 4.69) is 22.1 Å². The summed E-state index contributed by atoms with van der Waals surface area (Å²) in [5.74, 6) is 0.513. The molecule has 0 unspecified atom stereocenters. The molecule has 0 atom stereocenters. The first-order chi connectivity index (χ1) is 13.7. The molecule has 5 rings (SSSR count). The Hall–Kier alpha value is -3.12. The third-order valence-electron chi connectivity index (χ3n) is 4.89. The van der Waals surface area contributed by atoms with E-state index >= 15 is 0 Å². The Kier molecular flexibility index (Phi) is 4.13. The monoisotopic (exact) mass is 389 g/mol. The van der Waals surface area contributed by atoms with Gasteiger partial charge in [-0.1, -0.05) is 42.1 Å². The van der Waals surface area contributed by atoms with Crippen LogP contribution in [0.3, 0.4) is 0 Å². The molecule has 0 aliphatic rings. The van der Waals surface area contributed by atoms with Gasteiger partial charge in [0.25, 0.3) is 5.56 Å². The van der Waals surface area contributed by atoms with Crippen molar-refractivity contribution in [1.29, 1.82) is 0 Å². The first kappa shape index (κ1) is 17.0. The van der Waals surface area contributed by atoms with E-state index in [0.29, 0.717) is 10.8 Å². The zero-order valence-corrected chi connectivity index (χ0v) is 15.6. The molecule has 0 bridgehead atoms. The fourth-order valence-corrected chi connectivity index (χ4v) is 4.47. The Morgan fingerprint density at radius 3 is 2.71 bits per heavy atom. The van der Waals surface area contributed by atoms with Crippen molar-refractivity contribution in [3.8, 4) is 0 Å². The molecule has 4 nitrogen and oxygen atoms in total. The number of aromatic amines is 2. The summed E-state index contributed by atoms with van der Waals surface area (Å²) in [6.07, 6.45) is 2.55. The Morgan fingerprint density at radius 1 is 1.00 bits per heavy atom. The summed E-state index contributed by atoms with van der Waals surface area (Å²) in [7, 11) is 0. The number of H-pyrrole nitrogens is 2. The number of aryl methyl sites for hydroxylation is 1. The van der Waals surface area contributed by atoms with Crippen molar-refractivity contribution >= 4 is 44.3 Å². The normalized spacial score (nSPS) is 11.6. The van der Waals surface area contributed by atoms with Crippen LogP contribution in [0.25, 0.3) is 32.6 Å². The lowest BCUT2D eigenvalue weighted by Crippen LogP contribution is -2.05. The molecule has 0 radical (unpaired) electrons. The fraction of sp³-hybridized carbons (Fsp3) is 0.0909. The molecule has 3 aromatic carbocycles. The van der Waals surface area contributed by atoms with Gasteiger partial charge in [0.2, 0.25) is 0 Å². The van der Waals surface area contributed by atoms with Crippen molar-refractivity contribution in [2.45, 2.75) is 11.6 Å². The van der Waals surface area contributed by atoms with Crippen LogP contribution in [0.5, 0.6) is 0 Å². The van der Waals surface area contributed by atoms with Crippen molar-refractivity contribution in [2.24, 2.45) is 0 Å². The average molecular weight is 389 g/mol. The lowest BCUT2D eigenvalue weighted by molar-refractivity contribution is 0.630. The van der Waals surface area contributed by atoms with E-state index in [1.165, 1.54) is 17.7 Å². The molecule has 0 spiro atoms. The smallest absolute Gasteiger partial charge is 0.256 e. The molecule has 0 amide bonds. The molecule has 0 aliphatic carbocycles. The molecule has 28 heavy (non-hydrogen) atoms. The standard InChI is InChI=1S/C22H16FN3OS/c23-14-6-7-15-17(12-14)18-16(8-10-24-21(18)27)20-19(15)25-22(26-20)28-11-9-13-4-2-1-3-5-13/h1-8,10,12H,9,11H2,(H,24,27)(H,25,26). The highest BCUT2D eigenvalue weighted by Gasteiger charge is 2.15. The Balaban J connectivity index is 1.62. The SMILES string of the molecule is O=c1[nH]ccc2c3[nH]c(SCCc4ccccc4)nc3c3ccc(F)cc3c12. The lowest BCUT2D eigenvalue weighted by atomic mass is 10.0. The number of fused-ring (bicyclic) bond motifs is 6. The molecule has 138 valence electrons. The number of halogens is 1. The first-order valence-electron chi connectivity index (χ1n) is 9.00. The number of benzene rings is 3. The van der Waals surface area contributed by atoms with Crippen LogP contribution in [0.15, 0.2) is 70.7 Å². The number of nitrogens with zero attached hydrogens (tertiary/aromatic N) is 1. The van der Waals surface area contributed by atoms with Crippen LogP contribution < -0.4 is 5.56 Å². The largest absolute Gasteiger partial charge is 0.332 e. The van der Waals surface area contributed by atoms with Gasteiger partial charge in [-0.15, -0.1) is 0 Å². The maximum Gasteiger partial charge on any atom is 0.256 e. The molecule has 5 aromatic rings. The minimum atomic E-state index is -0.371. The number of thioether (sulfide) groups is 1. The van der Waals surface area contributed by atoms with Crippen LogP contribution >= 0.6 is 11.8 Å². The zero-order valence-electron chi connectivity index (χ0n) is 14.8. The van der Waals surface area contributed by atoms with Crippen LogP contribution in [0.1, 0.15) is 5.56 Å². The molecule has 6 heteroatoms.